The minimum absolute atomic E-state index is 0.159. The smallest absolute Gasteiger partial charge is 0.240 e. The molecule has 9 heteroatoms. The summed E-state index contributed by atoms with van der Waals surface area (Å²) in [7, 11) is -2.18. The first kappa shape index (κ1) is 23.4. The molecule has 0 aliphatic carbocycles. The number of nitrogens with zero attached hydrogens (tertiary/aromatic N) is 1. The molecule has 0 aliphatic heterocycles. The second kappa shape index (κ2) is 9.27. The van der Waals surface area contributed by atoms with E-state index in [0.29, 0.717) is 32.2 Å². The standard InChI is InChI=1S/C24H20Cl2FN3O2S/c1-14(18-5-3-4-6-22(18)27)30-24-19-11-16(12-20(25)23(19)29-13-21(24)26)15-7-9-17(10-8-15)33(31,32)28-2/h3-14,28H,1-2H3,(H,29,30). The van der Waals surface area contributed by atoms with Crippen LogP contribution in [0, 0.1) is 5.82 Å². The van der Waals surface area contributed by atoms with Gasteiger partial charge in [-0.15, -0.1) is 0 Å². The minimum Gasteiger partial charge on any atom is -0.377 e. The Morgan fingerprint density at radius 1 is 0.970 bits per heavy atom. The van der Waals surface area contributed by atoms with Gasteiger partial charge in [0.2, 0.25) is 10.0 Å². The lowest BCUT2D eigenvalue weighted by atomic mass is 10.0. The molecule has 5 nitrogen and oxygen atoms in total. The highest BCUT2D eigenvalue weighted by Crippen LogP contribution is 2.38. The summed E-state index contributed by atoms with van der Waals surface area (Å²) < 4.78 is 40.6. The van der Waals surface area contributed by atoms with Gasteiger partial charge in [-0.3, -0.25) is 4.98 Å². The Morgan fingerprint density at radius 2 is 1.67 bits per heavy atom. The van der Waals surface area contributed by atoms with Crippen molar-refractivity contribution in [2.24, 2.45) is 0 Å². The summed E-state index contributed by atoms with van der Waals surface area (Å²) in [6.07, 6.45) is 1.50. The summed E-state index contributed by atoms with van der Waals surface area (Å²) in [5.41, 5.74) is 3.15. The molecule has 0 amide bonds. The highest BCUT2D eigenvalue weighted by atomic mass is 35.5. The summed E-state index contributed by atoms with van der Waals surface area (Å²) in [6, 6.07) is 16.2. The summed E-state index contributed by atoms with van der Waals surface area (Å²) in [5.74, 6) is -0.317. The number of aromatic nitrogens is 1. The third-order valence-corrected chi connectivity index (χ3v) is 7.38. The third kappa shape index (κ3) is 4.68. The molecule has 0 spiro atoms. The number of fused-ring (bicyclic) bond motifs is 1. The second-order valence-corrected chi connectivity index (χ2v) is 10.2. The molecule has 1 heterocycles. The fraction of sp³-hybridized carbons (Fsp3) is 0.125. The number of pyridine rings is 1. The first-order chi connectivity index (χ1) is 15.7. The Kier molecular flexibility index (Phi) is 6.59. The van der Waals surface area contributed by atoms with E-state index in [-0.39, 0.29) is 16.8 Å². The topological polar surface area (TPSA) is 71.1 Å². The van der Waals surface area contributed by atoms with Crippen molar-refractivity contribution >= 4 is 49.8 Å². The van der Waals surface area contributed by atoms with E-state index in [2.05, 4.69) is 15.0 Å². The van der Waals surface area contributed by atoms with Gasteiger partial charge in [0.1, 0.15) is 5.82 Å². The largest absolute Gasteiger partial charge is 0.377 e. The molecular weight excluding hydrogens is 484 g/mol. The van der Waals surface area contributed by atoms with Crippen molar-refractivity contribution in [2.75, 3.05) is 12.4 Å². The van der Waals surface area contributed by atoms with E-state index < -0.39 is 10.0 Å². The van der Waals surface area contributed by atoms with Crippen LogP contribution in [0.2, 0.25) is 10.0 Å². The fourth-order valence-corrected chi connectivity index (χ4v) is 4.82. The summed E-state index contributed by atoms with van der Waals surface area (Å²) in [5, 5.41) is 4.74. The summed E-state index contributed by atoms with van der Waals surface area (Å²) >= 11 is 13.0. The van der Waals surface area contributed by atoms with Crippen LogP contribution in [0.1, 0.15) is 18.5 Å². The van der Waals surface area contributed by atoms with Crippen LogP contribution in [0.5, 0.6) is 0 Å². The molecule has 33 heavy (non-hydrogen) atoms. The molecule has 0 fully saturated rings. The average molecular weight is 504 g/mol. The molecule has 0 saturated carbocycles. The molecule has 1 unspecified atom stereocenters. The number of nitrogens with one attached hydrogen (secondary N) is 2. The van der Waals surface area contributed by atoms with Gasteiger partial charge in [0, 0.05) is 17.1 Å². The molecule has 170 valence electrons. The molecule has 0 saturated heterocycles. The third-order valence-electron chi connectivity index (χ3n) is 5.38. The van der Waals surface area contributed by atoms with Crippen LogP contribution in [0.25, 0.3) is 22.0 Å². The van der Waals surface area contributed by atoms with Crippen molar-refractivity contribution in [2.45, 2.75) is 17.9 Å². The lowest BCUT2D eigenvalue weighted by Crippen LogP contribution is -2.18. The first-order valence-electron chi connectivity index (χ1n) is 10.0. The van der Waals surface area contributed by atoms with Crippen LogP contribution in [0.3, 0.4) is 0 Å². The van der Waals surface area contributed by atoms with Gasteiger partial charge in [0.25, 0.3) is 0 Å². The van der Waals surface area contributed by atoms with E-state index in [9.17, 15) is 12.8 Å². The van der Waals surface area contributed by atoms with Gasteiger partial charge in [-0.2, -0.15) is 0 Å². The number of sulfonamides is 1. The SMILES string of the molecule is CNS(=O)(=O)c1ccc(-c2cc(Cl)c3ncc(Cl)c(NC(C)c4ccccc4F)c3c2)cc1. The molecule has 0 bridgehead atoms. The second-order valence-electron chi connectivity index (χ2n) is 7.45. The Morgan fingerprint density at radius 3 is 2.33 bits per heavy atom. The zero-order valence-corrected chi connectivity index (χ0v) is 20.1. The van der Waals surface area contributed by atoms with Crippen molar-refractivity contribution in [3.8, 4) is 11.1 Å². The van der Waals surface area contributed by atoms with Crippen LogP contribution < -0.4 is 10.0 Å². The molecule has 4 aromatic rings. The zero-order valence-electron chi connectivity index (χ0n) is 17.7. The lowest BCUT2D eigenvalue weighted by Gasteiger charge is -2.19. The van der Waals surface area contributed by atoms with Crippen LogP contribution in [-0.4, -0.2) is 20.4 Å². The van der Waals surface area contributed by atoms with Crippen molar-refractivity contribution < 1.29 is 12.8 Å². The van der Waals surface area contributed by atoms with Crippen LogP contribution in [0.15, 0.2) is 71.8 Å². The zero-order chi connectivity index (χ0) is 23.8. The fourth-order valence-electron chi connectivity index (χ4n) is 3.61. The number of rotatable bonds is 6. The van der Waals surface area contributed by atoms with E-state index in [4.69, 9.17) is 23.2 Å². The molecule has 2 N–H and O–H groups in total. The van der Waals surface area contributed by atoms with Crippen LogP contribution in [-0.2, 0) is 10.0 Å². The van der Waals surface area contributed by atoms with Gasteiger partial charge < -0.3 is 5.32 Å². The van der Waals surface area contributed by atoms with Crippen LogP contribution in [0.4, 0.5) is 10.1 Å². The van der Waals surface area contributed by atoms with E-state index in [1.54, 1.807) is 36.4 Å². The van der Waals surface area contributed by atoms with Gasteiger partial charge in [-0.05, 0) is 55.4 Å². The number of hydrogen-bond donors (Lipinski definition) is 2. The lowest BCUT2D eigenvalue weighted by molar-refractivity contribution is 0.588. The number of benzene rings is 3. The number of anilines is 1. The van der Waals surface area contributed by atoms with Gasteiger partial charge in [-0.25, -0.2) is 17.5 Å². The monoisotopic (exact) mass is 503 g/mol. The average Bonchev–Trinajstić information content (AvgIpc) is 2.81. The maximum Gasteiger partial charge on any atom is 0.240 e. The minimum atomic E-state index is -3.54. The maximum absolute atomic E-state index is 14.3. The Labute approximate surface area is 201 Å². The predicted molar refractivity (Wildman–Crippen MR) is 132 cm³/mol. The van der Waals surface area contributed by atoms with E-state index in [0.717, 1.165) is 11.1 Å². The van der Waals surface area contributed by atoms with Gasteiger partial charge in [0.15, 0.2) is 0 Å². The van der Waals surface area contributed by atoms with Gasteiger partial charge in [-0.1, -0.05) is 53.5 Å². The quantitative estimate of drug-likeness (QED) is 0.318. The summed E-state index contributed by atoms with van der Waals surface area (Å²) in [6.45, 7) is 1.84. The van der Waals surface area contributed by atoms with Crippen molar-refractivity contribution in [1.29, 1.82) is 0 Å². The first-order valence-corrected chi connectivity index (χ1v) is 12.3. The molecule has 1 atom stereocenters. The van der Waals surface area contributed by atoms with Gasteiger partial charge in [0.05, 0.1) is 32.2 Å². The molecule has 4 rings (SSSR count). The molecule has 3 aromatic carbocycles. The Bertz CT molecular complexity index is 1440. The number of hydrogen-bond acceptors (Lipinski definition) is 4. The molecule has 0 radical (unpaired) electrons. The molecular formula is C24H20Cl2FN3O2S. The Balaban J connectivity index is 1.80. The van der Waals surface area contributed by atoms with E-state index >= 15 is 0 Å². The molecule has 1 aromatic heterocycles. The number of halogens is 3. The normalized spacial score (nSPS) is 12.6. The highest BCUT2D eigenvalue weighted by Gasteiger charge is 2.17. The van der Waals surface area contributed by atoms with Crippen molar-refractivity contribution in [1.82, 2.24) is 9.71 Å². The van der Waals surface area contributed by atoms with Gasteiger partial charge >= 0.3 is 0 Å². The molecule has 0 aliphatic rings. The predicted octanol–water partition coefficient (Wildman–Crippen LogP) is 6.43. The van der Waals surface area contributed by atoms with E-state index in [1.165, 1.54) is 31.4 Å². The van der Waals surface area contributed by atoms with Crippen LogP contribution >= 0.6 is 23.2 Å². The highest BCUT2D eigenvalue weighted by molar-refractivity contribution is 7.89. The Hall–Kier alpha value is -2.71. The van der Waals surface area contributed by atoms with Crippen molar-refractivity contribution in [3.05, 3.63) is 88.3 Å². The van der Waals surface area contributed by atoms with Crippen molar-refractivity contribution in [3.63, 3.8) is 0 Å². The maximum atomic E-state index is 14.3. The summed E-state index contributed by atoms with van der Waals surface area (Å²) in [4.78, 5) is 4.52. The van der Waals surface area contributed by atoms with E-state index in [1.807, 2.05) is 13.0 Å².